The molecule has 23 heavy (non-hydrogen) atoms. The maximum Gasteiger partial charge on any atom is 0.333 e. The summed E-state index contributed by atoms with van der Waals surface area (Å²) in [5.41, 5.74) is -1.49. The van der Waals surface area contributed by atoms with Gasteiger partial charge in [0, 0.05) is 0 Å². The summed E-state index contributed by atoms with van der Waals surface area (Å²) >= 11 is 11.7. The Kier molecular flexibility index (Phi) is 4.94. The Labute approximate surface area is 143 Å². The number of rotatable bonds is 4. The first kappa shape index (κ1) is 18.0. The number of nitrogens with one attached hydrogen (secondary N) is 1. The van der Waals surface area contributed by atoms with E-state index in [1.807, 2.05) is 0 Å². The van der Waals surface area contributed by atoms with Crippen LogP contribution in [0.15, 0.2) is 18.2 Å². The van der Waals surface area contributed by atoms with Crippen molar-refractivity contribution in [3.63, 3.8) is 0 Å². The van der Waals surface area contributed by atoms with Gasteiger partial charge in [0.1, 0.15) is 0 Å². The molecule has 2 unspecified atom stereocenters. The highest BCUT2D eigenvalue weighted by Gasteiger charge is 2.41. The molecule has 1 saturated heterocycles. The lowest BCUT2D eigenvalue weighted by Gasteiger charge is -2.28. The van der Waals surface area contributed by atoms with Gasteiger partial charge in [0.05, 0.1) is 27.5 Å². The van der Waals surface area contributed by atoms with Crippen LogP contribution in [0.4, 0.5) is 0 Å². The van der Waals surface area contributed by atoms with Gasteiger partial charge < -0.3 is 10.4 Å². The van der Waals surface area contributed by atoms with Crippen LogP contribution in [0.5, 0.6) is 0 Å². The van der Waals surface area contributed by atoms with E-state index in [4.69, 9.17) is 23.2 Å². The number of amides is 1. The normalized spacial score (nSPS) is 22.3. The molecule has 2 rings (SSSR count). The van der Waals surface area contributed by atoms with Gasteiger partial charge in [-0.05, 0) is 31.0 Å². The van der Waals surface area contributed by atoms with Crippen LogP contribution < -0.4 is 5.32 Å². The van der Waals surface area contributed by atoms with Gasteiger partial charge in [-0.1, -0.05) is 29.3 Å². The van der Waals surface area contributed by atoms with Crippen molar-refractivity contribution in [2.75, 3.05) is 11.5 Å². The summed E-state index contributed by atoms with van der Waals surface area (Å²) in [4.78, 5) is 24.0. The van der Waals surface area contributed by atoms with E-state index in [1.54, 1.807) is 0 Å². The number of halogens is 2. The van der Waals surface area contributed by atoms with Crippen LogP contribution >= 0.6 is 23.2 Å². The Morgan fingerprint density at radius 1 is 1.30 bits per heavy atom. The standard InChI is InChI=1S/C14H15Cl2NO5S/c1-14(13(19)20,9-2-3-10(15)11(16)6-9)17-12(18)8-4-5-23(21,22)7-8/h2-3,6,8H,4-5,7H2,1H3,(H,17,18)(H,19,20). The van der Waals surface area contributed by atoms with E-state index in [0.29, 0.717) is 0 Å². The van der Waals surface area contributed by atoms with Crippen molar-refractivity contribution in [1.29, 1.82) is 0 Å². The predicted octanol–water partition coefficient (Wildman–Crippen LogP) is 1.84. The zero-order chi connectivity index (χ0) is 17.4. The number of hydrogen-bond acceptors (Lipinski definition) is 4. The second-order valence-electron chi connectivity index (χ2n) is 5.65. The van der Waals surface area contributed by atoms with Gasteiger partial charge in [-0.2, -0.15) is 0 Å². The second-order valence-corrected chi connectivity index (χ2v) is 8.69. The number of carbonyl (C=O) groups excluding carboxylic acids is 1. The third kappa shape index (κ3) is 3.79. The molecule has 0 bridgehead atoms. The molecule has 1 amide bonds. The number of benzene rings is 1. The van der Waals surface area contributed by atoms with E-state index < -0.39 is 33.2 Å². The van der Waals surface area contributed by atoms with Gasteiger partial charge >= 0.3 is 5.97 Å². The SMILES string of the molecule is CC(NC(=O)C1CCS(=O)(=O)C1)(C(=O)O)c1ccc(Cl)c(Cl)c1. The number of hydrogen-bond donors (Lipinski definition) is 2. The minimum atomic E-state index is -3.24. The molecule has 1 aliphatic heterocycles. The molecule has 1 aliphatic rings. The van der Waals surface area contributed by atoms with Crippen molar-refractivity contribution < 1.29 is 23.1 Å². The predicted molar refractivity (Wildman–Crippen MR) is 86.4 cm³/mol. The molecule has 0 aliphatic carbocycles. The quantitative estimate of drug-likeness (QED) is 0.830. The topological polar surface area (TPSA) is 101 Å². The van der Waals surface area contributed by atoms with Crippen LogP contribution in [0.1, 0.15) is 18.9 Å². The first-order valence-electron chi connectivity index (χ1n) is 6.76. The number of sulfone groups is 1. The summed E-state index contributed by atoms with van der Waals surface area (Å²) in [6, 6.07) is 4.25. The highest BCUT2D eigenvalue weighted by atomic mass is 35.5. The van der Waals surface area contributed by atoms with Crippen LogP contribution in [0, 0.1) is 5.92 Å². The van der Waals surface area contributed by atoms with E-state index in [1.165, 1.54) is 25.1 Å². The van der Waals surface area contributed by atoms with Gasteiger partial charge in [0.15, 0.2) is 15.4 Å². The molecule has 0 spiro atoms. The first-order chi connectivity index (χ1) is 10.5. The molecule has 2 N–H and O–H groups in total. The van der Waals surface area contributed by atoms with Gasteiger partial charge in [-0.3, -0.25) is 4.79 Å². The average Bonchev–Trinajstić information content (AvgIpc) is 2.81. The van der Waals surface area contributed by atoms with E-state index in [0.717, 1.165) is 0 Å². The summed E-state index contributed by atoms with van der Waals surface area (Å²) < 4.78 is 22.9. The van der Waals surface area contributed by atoms with Crippen molar-refractivity contribution in [1.82, 2.24) is 5.32 Å². The second kappa shape index (κ2) is 6.30. The molecule has 1 aromatic carbocycles. The maximum absolute atomic E-state index is 12.3. The zero-order valence-corrected chi connectivity index (χ0v) is 14.5. The lowest BCUT2D eigenvalue weighted by Crippen LogP contribution is -2.51. The molecule has 9 heteroatoms. The van der Waals surface area contributed by atoms with E-state index in [-0.39, 0.29) is 33.5 Å². The van der Waals surface area contributed by atoms with Crippen LogP contribution in [-0.2, 0) is 25.0 Å². The number of carboxylic acids is 1. The summed E-state index contributed by atoms with van der Waals surface area (Å²) in [5, 5.41) is 12.4. The summed E-state index contributed by atoms with van der Waals surface area (Å²) in [7, 11) is -3.24. The highest BCUT2D eigenvalue weighted by Crippen LogP contribution is 2.30. The molecule has 0 radical (unpaired) electrons. The van der Waals surface area contributed by atoms with Crippen LogP contribution in [0.2, 0.25) is 10.0 Å². The van der Waals surface area contributed by atoms with Crippen molar-refractivity contribution in [3.8, 4) is 0 Å². The van der Waals surface area contributed by atoms with E-state index in [9.17, 15) is 23.1 Å². The lowest BCUT2D eigenvalue weighted by atomic mass is 9.91. The molecule has 1 heterocycles. The molecule has 2 atom stereocenters. The Hall–Kier alpha value is -1.31. The molecular formula is C14H15Cl2NO5S. The van der Waals surface area contributed by atoms with Crippen LogP contribution in [0.3, 0.4) is 0 Å². The average molecular weight is 380 g/mol. The van der Waals surface area contributed by atoms with Crippen LogP contribution in [-0.4, -0.2) is 36.9 Å². The molecule has 1 aromatic rings. The third-order valence-electron chi connectivity index (χ3n) is 3.90. The van der Waals surface area contributed by atoms with Crippen molar-refractivity contribution in [2.24, 2.45) is 5.92 Å². The smallest absolute Gasteiger partial charge is 0.333 e. The van der Waals surface area contributed by atoms with E-state index >= 15 is 0 Å². The van der Waals surface area contributed by atoms with Crippen molar-refractivity contribution in [2.45, 2.75) is 18.9 Å². The Balaban J connectivity index is 2.29. The molecule has 0 aromatic heterocycles. The van der Waals surface area contributed by atoms with Crippen LogP contribution in [0.25, 0.3) is 0 Å². The summed E-state index contributed by atoms with van der Waals surface area (Å²) in [6.07, 6.45) is 0.186. The maximum atomic E-state index is 12.3. The molecule has 1 fully saturated rings. The largest absolute Gasteiger partial charge is 0.479 e. The number of aliphatic carboxylic acids is 1. The van der Waals surface area contributed by atoms with Gasteiger partial charge in [0.25, 0.3) is 0 Å². The fourth-order valence-corrected chi connectivity index (χ4v) is 4.45. The van der Waals surface area contributed by atoms with Gasteiger partial charge in [-0.25, -0.2) is 13.2 Å². The summed E-state index contributed by atoms with van der Waals surface area (Å²) in [5.74, 6) is -2.98. The summed E-state index contributed by atoms with van der Waals surface area (Å²) in [6.45, 7) is 1.32. The Morgan fingerprint density at radius 3 is 2.43 bits per heavy atom. The lowest BCUT2D eigenvalue weighted by molar-refractivity contribution is -0.148. The minimum Gasteiger partial charge on any atom is -0.479 e. The zero-order valence-electron chi connectivity index (χ0n) is 12.2. The molecule has 6 nitrogen and oxygen atoms in total. The Bertz CT molecular complexity index is 764. The van der Waals surface area contributed by atoms with E-state index in [2.05, 4.69) is 5.32 Å². The minimum absolute atomic E-state index is 0.0678. The van der Waals surface area contributed by atoms with Gasteiger partial charge in [0.2, 0.25) is 5.91 Å². The number of carbonyl (C=O) groups is 2. The van der Waals surface area contributed by atoms with Gasteiger partial charge in [-0.15, -0.1) is 0 Å². The first-order valence-corrected chi connectivity index (χ1v) is 9.34. The highest BCUT2D eigenvalue weighted by molar-refractivity contribution is 7.91. The molecule has 126 valence electrons. The fourth-order valence-electron chi connectivity index (χ4n) is 2.41. The monoisotopic (exact) mass is 379 g/mol. The fraction of sp³-hybridized carbons (Fsp3) is 0.429. The number of carboxylic acid groups (broad SMARTS) is 1. The molecule has 0 saturated carbocycles. The third-order valence-corrected chi connectivity index (χ3v) is 6.41. The Morgan fingerprint density at radius 2 is 1.96 bits per heavy atom. The van der Waals surface area contributed by atoms with Crippen molar-refractivity contribution in [3.05, 3.63) is 33.8 Å². The molecular weight excluding hydrogens is 365 g/mol. The van der Waals surface area contributed by atoms with Crippen molar-refractivity contribution >= 4 is 44.9 Å².